The number of aliphatic carboxylic acids is 2. The summed E-state index contributed by atoms with van der Waals surface area (Å²) in [6.45, 7) is -0.278. The first-order valence-electron chi connectivity index (χ1n) is 2.96. The average molecular weight is 214 g/mol. The maximum absolute atomic E-state index is 9.76. The van der Waals surface area contributed by atoms with Gasteiger partial charge in [-0.2, -0.15) is 12.6 Å². The molecule has 0 aliphatic heterocycles. The third kappa shape index (κ3) is 18.3. The van der Waals surface area contributed by atoms with E-state index in [-0.39, 0.29) is 17.8 Å². The normalized spacial score (nSPS) is 10.1. The second-order valence-electron chi connectivity index (χ2n) is 1.73. The Hall–Kier alpha value is -0.830. The molecular formula is C5H14N2O5S. The van der Waals surface area contributed by atoms with Crippen LogP contribution in [-0.2, 0) is 9.59 Å². The molecule has 0 aliphatic carbocycles. The minimum atomic E-state index is -1.00. The predicted octanol–water partition coefficient (Wildman–Crippen LogP) is -2.47. The largest absolute Gasteiger partial charge is 0.480 e. The summed E-state index contributed by atoms with van der Waals surface area (Å²) in [5.41, 5.74) is 9.51. The highest BCUT2D eigenvalue weighted by molar-refractivity contribution is 7.80. The number of carbonyl (C=O) groups is 2. The molecule has 0 aromatic carbocycles. The summed E-state index contributed by atoms with van der Waals surface area (Å²) >= 11 is 3.65. The molecule has 0 aliphatic rings. The minimum absolute atomic E-state index is 0. The van der Waals surface area contributed by atoms with Gasteiger partial charge in [-0.05, 0) is 0 Å². The van der Waals surface area contributed by atoms with Crippen LogP contribution in [0.5, 0.6) is 0 Å². The molecule has 0 heterocycles. The van der Waals surface area contributed by atoms with E-state index in [1.165, 1.54) is 0 Å². The summed E-state index contributed by atoms with van der Waals surface area (Å²) < 4.78 is 0. The van der Waals surface area contributed by atoms with E-state index in [0.29, 0.717) is 0 Å². The van der Waals surface area contributed by atoms with Gasteiger partial charge in [-0.25, -0.2) is 0 Å². The summed E-state index contributed by atoms with van der Waals surface area (Å²) in [6.07, 6.45) is 0. The monoisotopic (exact) mass is 214 g/mol. The molecule has 13 heavy (non-hydrogen) atoms. The lowest BCUT2D eigenvalue weighted by atomic mass is 10.4. The molecule has 0 radical (unpaired) electrons. The first kappa shape index (κ1) is 18.1. The molecule has 0 spiro atoms. The van der Waals surface area contributed by atoms with Crippen molar-refractivity contribution in [2.24, 2.45) is 11.5 Å². The molecule has 0 aromatic heterocycles. The first-order valence-corrected chi connectivity index (χ1v) is 3.60. The Morgan fingerprint density at radius 3 is 1.69 bits per heavy atom. The van der Waals surface area contributed by atoms with Gasteiger partial charge < -0.3 is 27.2 Å². The zero-order valence-electron chi connectivity index (χ0n) is 6.80. The van der Waals surface area contributed by atoms with Crippen molar-refractivity contribution in [2.45, 2.75) is 6.04 Å². The van der Waals surface area contributed by atoms with Gasteiger partial charge in [0.2, 0.25) is 0 Å². The lowest BCUT2D eigenvalue weighted by molar-refractivity contribution is -0.138. The van der Waals surface area contributed by atoms with Crippen LogP contribution in [0.2, 0.25) is 0 Å². The van der Waals surface area contributed by atoms with E-state index in [1.807, 2.05) is 0 Å². The summed E-state index contributed by atoms with van der Waals surface area (Å²) in [5.74, 6) is -1.78. The smallest absolute Gasteiger partial charge is 0.321 e. The molecule has 0 saturated carbocycles. The maximum Gasteiger partial charge on any atom is 0.321 e. The van der Waals surface area contributed by atoms with Crippen LogP contribution in [0.4, 0.5) is 0 Å². The second-order valence-corrected chi connectivity index (χ2v) is 2.09. The molecule has 0 unspecified atom stereocenters. The van der Waals surface area contributed by atoms with Crippen molar-refractivity contribution in [2.75, 3.05) is 12.3 Å². The van der Waals surface area contributed by atoms with Crippen molar-refractivity contribution in [3.63, 3.8) is 0 Å². The summed E-state index contributed by atoms with van der Waals surface area (Å²) in [6, 6.07) is -0.816. The van der Waals surface area contributed by atoms with Crippen molar-refractivity contribution < 1.29 is 25.3 Å². The van der Waals surface area contributed by atoms with Crippen LogP contribution >= 0.6 is 12.6 Å². The maximum atomic E-state index is 9.76. The molecule has 0 bridgehead atoms. The standard InChI is InChI=1S/C3H7NO2S.C2H5NO2.H2O/c4-2(1-7)3(5)6;3-1-2(4)5;/h2,7H,1,4H2,(H,5,6);1,3H2,(H,4,5);1H2/t2-;;/m0../s1. The molecule has 1 atom stereocenters. The van der Waals surface area contributed by atoms with Crippen molar-refractivity contribution in [3.8, 4) is 0 Å². The third-order valence-corrected chi connectivity index (χ3v) is 1.08. The fraction of sp³-hybridized carbons (Fsp3) is 0.600. The molecule has 7 nitrogen and oxygen atoms in total. The molecule has 8 heteroatoms. The van der Waals surface area contributed by atoms with Crippen LogP contribution in [-0.4, -0.2) is 46.0 Å². The van der Waals surface area contributed by atoms with Gasteiger partial charge in [0, 0.05) is 5.75 Å². The van der Waals surface area contributed by atoms with Gasteiger partial charge in [0.25, 0.3) is 0 Å². The van der Waals surface area contributed by atoms with E-state index in [2.05, 4.69) is 18.4 Å². The molecule has 0 fully saturated rings. The van der Waals surface area contributed by atoms with Gasteiger partial charge in [-0.1, -0.05) is 0 Å². The topological polar surface area (TPSA) is 158 Å². The number of hydrogen-bond donors (Lipinski definition) is 5. The van der Waals surface area contributed by atoms with Crippen LogP contribution in [0.3, 0.4) is 0 Å². The summed E-state index contributed by atoms with van der Waals surface area (Å²) in [4.78, 5) is 19.0. The molecule has 80 valence electrons. The van der Waals surface area contributed by atoms with Crippen molar-refractivity contribution >= 4 is 24.6 Å². The van der Waals surface area contributed by atoms with Gasteiger partial charge in [0.05, 0.1) is 6.54 Å². The molecule has 0 aromatic rings. The summed E-state index contributed by atoms with van der Waals surface area (Å²) in [7, 11) is 0. The average Bonchev–Trinajstić information content (AvgIpc) is 2.04. The van der Waals surface area contributed by atoms with Crippen LogP contribution in [0, 0.1) is 0 Å². The molecule has 8 N–H and O–H groups in total. The third-order valence-electron chi connectivity index (χ3n) is 0.689. The van der Waals surface area contributed by atoms with Gasteiger partial charge >= 0.3 is 11.9 Å². The van der Waals surface area contributed by atoms with Crippen LogP contribution < -0.4 is 11.5 Å². The number of rotatable bonds is 3. The number of carboxylic acid groups (broad SMARTS) is 2. The second kappa shape index (κ2) is 11.2. The van der Waals surface area contributed by atoms with Gasteiger partial charge in [-0.15, -0.1) is 0 Å². The number of hydrogen-bond acceptors (Lipinski definition) is 5. The van der Waals surface area contributed by atoms with E-state index in [0.717, 1.165) is 0 Å². The van der Waals surface area contributed by atoms with Crippen LogP contribution in [0.25, 0.3) is 0 Å². The Balaban J connectivity index is -0.000000150. The zero-order valence-corrected chi connectivity index (χ0v) is 7.70. The lowest BCUT2D eigenvalue weighted by Gasteiger charge is -1.96. The van der Waals surface area contributed by atoms with Crippen LogP contribution in [0.15, 0.2) is 0 Å². The molecule has 0 amide bonds. The number of thiol groups is 1. The Kier molecular flexibility index (Phi) is 15.5. The Bertz CT molecular complexity index is 154. The summed E-state index contributed by atoms with van der Waals surface area (Å²) in [5, 5.41) is 15.6. The lowest BCUT2D eigenvalue weighted by Crippen LogP contribution is -2.31. The number of nitrogens with two attached hydrogens (primary N) is 2. The zero-order chi connectivity index (χ0) is 10.1. The van der Waals surface area contributed by atoms with E-state index in [1.54, 1.807) is 0 Å². The van der Waals surface area contributed by atoms with Crippen LogP contribution in [0.1, 0.15) is 0 Å². The quantitative estimate of drug-likeness (QED) is 0.327. The van der Waals surface area contributed by atoms with Gasteiger partial charge in [0.1, 0.15) is 6.04 Å². The molecule has 0 saturated heterocycles. The molecular weight excluding hydrogens is 200 g/mol. The SMILES string of the molecule is NCC(=O)O.N[C@@H](CS)C(=O)O.O. The highest BCUT2D eigenvalue weighted by Gasteiger charge is 2.06. The predicted molar refractivity (Wildman–Crippen MR) is 49.8 cm³/mol. The Labute approximate surface area is 80.4 Å². The Morgan fingerprint density at radius 1 is 1.38 bits per heavy atom. The fourth-order valence-electron chi connectivity index (χ4n) is 0.0781. The van der Waals surface area contributed by atoms with Crippen molar-refractivity contribution in [3.05, 3.63) is 0 Å². The van der Waals surface area contributed by atoms with Crippen molar-refractivity contribution in [1.29, 1.82) is 0 Å². The van der Waals surface area contributed by atoms with E-state index < -0.39 is 18.0 Å². The molecule has 0 rings (SSSR count). The van der Waals surface area contributed by atoms with Gasteiger partial charge in [0.15, 0.2) is 0 Å². The van der Waals surface area contributed by atoms with Crippen molar-refractivity contribution in [1.82, 2.24) is 0 Å². The van der Waals surface area contributed by atoms with Gasteiger partial charge in [-0.3, -0.25) is 9.59 Å². The van der Waals surface area contributed by atoms with E-state index in [9.17, 15) is 9.59 Å². The highest BCUT2D eigenvalue weighted by atomic mass is 32.1. The number of carboxylic acids is 2. The Morgan fingerprint density at radius 2 is 1.69 bits per heavy atom. The highest BCUT2D eigenvalue weighted by Crippen LogP contribution is 1.80. The fourth-order valence-corrected chi connectivity index (χ4v) is 0.234. The minimum Gasteiger partial charge on any atom is -0.480 e. The van der Waals surface area contributed by atoms with E-state index >= 15 is 0 Å². The first-order chi connectivity index (χ1) is 5.45. The van der Waals surface area contributed by atoms with E-state index in [4.69, 9.17) is 15.9 Å².